The average molecular weight is 488 g/mol. The molecule has 1 unspecified atom stereocenters. The molecule has 8 heteroatoms. The van der Waals surface area contributed by atoms with Crippen LogP contribution in [0.4, 0.5) is 11.4 Å². The number of benzene rings is 2. The number of hydrogen-bond acceptors (Lipinski definition) is 7. The quantitative estimate of drug-likeness (QED) is 0.280. The molecule has 0 radical (unpaired) electrons. The Hall–Kier alpha value is -3.65. The van der Waals surface area contributed by atoms with Crippen molar-refractivity contribution in [3.63, 3.8) is 0 Å². The fourth-order valence-electron chi connectivity index (χ4n) is 4.54. The Balaban J connectivity index is 1.49. The molecule has 2 aromatic carbocycles. The summed E-state index contributed by atoms with van der Waals surface area (Å²) in [6, 6.07) is 12.2. The lowest BCUT2D eigenvalue weighted by molar-refractivity contribution is -0.0394. The minimum Gasteiger partial charge on any atom is -0.497 e. The second-order valence-electron chi connectivity index (χ2n) is 9.03. The molecule has 1 fully saturated rings. The van der Waals surface area contributed by atoms with Crippen LogP contribution >= 0.6 is 0 Å². The molecule has 2 aromatic heterocycles. The molecule has 0 saturated carbocycles. The van der Waals surface area contributed by atoms with Gasteiger partial charge in [0.1, 0.15) is 17.7 Å². The lowest BCUT2D eigenvalue weighted by Crippen LogP contribution is -2.18. The van der Waals surface area contributed by atoms with Crippen LogP contribution in [0.15, 0.2) is 55.0 Å². The van der Waals surface area contributed by atoms with E-state index in [4.69, 9.17) is 19.2 Å². The van der Waals surface area contributed by atoms with Crippen LogP contribution in [0.25, 0.3) is 22.3 Å². The zero-order valence-corrected chi connectivity index (χ0v) is 21.2. The van der Waals surface area contributed by atoms with Crippen molar-refractivity contribution < 1.29 is 14.2 Å². The van der Waals surface area contributed by atoms with Crippen LogP contribution in [0.1, 0.15) is 45.3 Å². The Bertz CT molecular complexity index is 1290. The molecular formula is C28H33N5O3. The minimum absolute atomic E-state index is 0.000465. The molecule has 188 valence electrons. The topological polar surface area (TPSA) is 74.5 Å². The van der Waals surface area contributed by atoms with E-state index < -0.39 is 0 Å². The van der Waals surface area contributed by atoms with Gasteiger partial charge in [-0.25, -0.2) is 9.67 Å². The number of anilines is 2. The Kier molecular flexibility index (Phi) is 7.32. The van der Waals surface area contributed by atoms with Crippen molar-refractivity contribution in [1.29, 1.82) is 0 Å². The molecule has 0 bridgehead atoms. The van der Waals surface area contributed by atoms with Crippen molar-refractivity contribution in [2.75, 3.05) is 32.3 Å². The van der Waals surface area contributed by atoms with Gasteiger partial charge in [-0.2, -0.15) is 5.10 Å². The summed E-state index contributed by atoms with van der Waals surface area (Å²) in [5, 5.41) is 4.54. The van der Waals surface area contributed by atoms with Crippen molar-refractivity contribution in [1.82, 2.24) is 19.7 Å². The van der Waals surface area contributed by atoms with E-state index in [1.54, 1.807) is 14.2 Å². The third-order valence-corrected chi connectivity index (χ3v) is 6.57. The summed E-state index contributed by atoms with van der Waals surface area (Å²) in [4.78, 5) is 11.9. The number of rotatable bonds is 9. The van der Waals surface area contributed by atoms with Gasteiger partial charge in [-0.15, -0.1) is 0 Å². The van der Waals surface area contributed by atoms with Gasteiger partial charge in [0.2, 0.25) is 0 Å². The third kappa shape index (κ3) is 5.14. The van der Waals surface area contributed by atoms with Gasteiger partial charge in [-0.1, -0.05) is 13.3 Å². The zero-order valence-electron chi connectivity index (χ0n) is 21.2. The highest BCUT2D eigenvalue weighted by atomic mass is 16.5. The van der Waals surface area contributed by atoms with Gasteiger partial charge in [0.25, 0.3) is 0 Å². The highest BCUT2D eigenvalue weighted by Crippen LogP contribution is 2.34. The van der Waals surface area contributed by atoms with Crippen molar-refractivity contribution in [3.8, 4) is 22.8 Å². The van der Waals surface area contributed by atoms with E-state index in [0.29, 0.717) is 0 Å². The number of unbranched alkanes of at least 4 members (excludes halogenated alkanes) is 1. The van der Waals surface area contributed by atoms with E-state index in [2.05, 4.69) is 34.0 Å². The van der Waals surface area contributed by atoms with Gasteiger partial charge in [0.15, 0.2) is 0 Å². The summed E-state index contributed by atoms with van der Waals surface area (Å²) in [6.07, 6.45) is 11.0. The number of hydrogen-bond donors (Lipinski definition) is 0. The first-order chi connectivity index (χ1) is 17.7. The van der Waals surface area contributed by atoms with Crippen LogP contribution in [-0.4, -0.2) is 47.1 Å². The first kappa shape index (κ1) is 24.1. The molecule has 0 amide bonds. The maximum atomic E-state index is 5.87. The SMILES string of the molecule is CCCCN(c1cc(OC)cc(OC)c1)c1ccc2ncc(-c3cnn(C4CCCCO4)c3)nc2c1. The Morgan fingerprint density at radius 1 is 1.00 bits per heavy atom. The standard InChI is InChI=1S/C28H33N5O3/c1-4-5-11-32(22-13-23(34-2)16-24(14-22)35-3)21-9-10-25-26(15-21)31-27(18-29-25)20-17-30-33(19-20)28-8-6-7-12-36-28/h9-10,13-19,28H,4-8,11-12H2,1-3H3. The van der Waals surface area contributed by atoms with Crippen LogP contribution in [-0.2, 0) is 4.74 Å². The zero-order chi connectivity index (χ0) is 24.9. The molecular weight excluding hydrogens is 454 g/mol. The van der Waals surface area contributed by atoms with Gasteiger partial charge in [0.05, 0.1) is 43.3 Å². The average Bonchev–Trinajstić information content (AvgIpc) is 3.43. The first-order valence-corrected chi connectivity index (χ1v) is 12.6. The Labute approximate surface area is 211 Å². The molecule has 0 aliphatic carbocycles. The van der Waals surface area contributed by atoms with E-state index in [1.165, 1.54) is 0 Å². The van der Waals surface area contributed by atoms with Crippen LogP contribution in [0, 0.1) is 0 Å². The van der Waals surface area contributed by atoms with E-state index in [1.807, 2.05) is 47.5 Å². The summed E-state index contributed by atoms with van der Waals surface area (Å²) < 4.78 is 18.8. The van der Waals surface area contributed by atoms with Crippen molar-refractivity contribution >= 4 is 22.4 Å². The summed E-state index contributed by atoms with van der Waals surface area (Å²) in [7, 11) is 3.34. The van der Waals surface area contributed by atoms with Crippen LogP contribution < -0.4 is 14.4 Å². The molecule has 8 nitrogen and oxygen atoms in total. The second-order valence-corrected chi connectivity index (χ2v) is 9.03. The van der Waals surface area contributed by atoms with Gasteiger partial charge < -0.3 is 19.1 Å². The van der Waals surface area contributed by atoms with Crippen molar-refractivity contribution in [2.24, 2.45) is 0 Å². The summed E-state index contributed by atoms with van der Waals surface area (Å²) >= 11 is 0. The molecule has 1 saturated heterocycles. The minimum atomic E-state index is -0.000465. The second kappa shape index (κ2) is 11.0. The van der Waals surface area contributed by atoms with E-state index in [9.17, 15) is 0 Å². The molecule has 1 aliphatic rings. The molecule has 4 aromatic rings. The molecule has 5 rings (SSSR count). The fourth-order valence-corrected chi connectivity index (χ4v) is 4.54. The number of nitrogens with zero attached hydrogens (tertiary/aromatic N) is 5. The fraction of sp³-hybridized carbons (Fsp3) is 0.393. The lowest BCUT2D eigenvalue weighted by atomic mass is 10.1. The first-order valence-electron chi connectivity index (χ1n) is 12.6. The Morgan fingerprint density at radius 2 is 1.83 bits per heavy atom. The van der Waals surface area contributed by atoms with Gasteiger partial charge in [-0.05, 0) is 43.9 Å². The number of ether oxygens (including phenoxy) is 3. The predicted molar refractivity (Wildman–Crippen MR) is 141 cm³/mol. The van der Waals surface area contributed by atoms with Crippen molar-refractivity contribution in [3.05, 3.63) is 55.0 Å². The number of aromatic nitrogens is 4. The van der Waals surface area contributed by atoms with Gasteiger partial charge in [0, 0.05) is 54.5 Å². The summed E-state index contributed by atoms with van der Waals surface area (Å²) in [5.41, 5.74) is 5.47. The maximum Gasteiger partial charge on any atom is 0.150 e. The molecule has 1 atom stereocenters. The smallest absolute Gasteiger partial charge is 0.150 e. The van der Waals surface area contributed by atoms with Crippen LogP contribution in [0.3, 0.4) is 0 Å². The molecule has 0 N–H and O–H groups in total. The largest absolute Gasteiger partial charge is 0.497 e. The predicted octanol–water partition coefficient (Wildman–Crippen LogP) is 6.15. The highest BCUT2D eigenvalue weighted by Gasteiger charge is 2.18. The van der Waals surface area contributed by atoms with Crippen LogP contribution in [0.2, 0.25) is 0 Å². The van der Waals surface area contributed by atoms with Crippen LogP contribution in [0.5, 0.6) is 11.5 Å². The molecule has 36 heavy (non-hydrogen) atoms. The summed E-state index contributed by atoms with van der Waals surface area (Å²) in [6.45, 7) is 3.84. The molecule has 3 heterocycles. The Morgan fingerprint density at radius 3 is 2.56 bits per heavy atom. The number of fused-ring (bicyclic) bond motifs is 1. The molecule has 0 spiro atoms. The van der Waals surface area contributed by atoms with Gasteiger partial charge >= 0.3 is 0 Å². The lowest BCUT2D eigenvalue weighted by Gasteiger charge is -2.26. The van der Waals surface area contributed by atoms with Gasteiger partial charge in [-0.3, -0.25) is 4.98 Å². The van der Waals surface area contributed by atoms with Crippen molar-refractivity contribution in [2.45, 2.75) is 45.3 Å². The maximum absolute atomic E-state index is 5.87. The summed E-state index contributed by atoms with van der Waals surface area (Å²) in [5.74, 6) is 1.51. The van der Waals surface area contributed by atoms with E-state index in [-0.39, 0.29) is 6.23 Å². The normalized spacial score (nSPS) is 15.7. The monoisotopic (exact) mass is 487 g/mol. The number of methoxy groups -OCH3 is 2. The third-order valence-electron chi connectivity index (χ3n) is 6.57. The molecule has 1 aliphatic heterocycles. The highest BCUT2D eigenvalue weighted by molar-refractivity contribution is 5.82. The van der Waals surface area contributed by atoms with E-state index in [0.717, 1.165) is 90.4 Å². The van der Waals surface area contributed by atoms with E-state index >= 15 is 0 Å².